The van der Waals surface area contributed by atoms with Crippen LogP contribution in [-0.2, 0) is 5.54 Å². The zero-order valence-electron chi connectivity index (χ0n) is 16.0. The van der Waals surface area contributed by atoms with Crippen molar-refractivity contribution in [2.24, 2.45) is 0 Å². The average Bonchev–Trinajstić information content (AvgIpc) is 3.55. The van der Waals surface area contributed by atoms with Crippen molar-refractivity contribution in [2.45, 2.75) is 11.6 Å². The van der Waals surface area contributed by atoms with Crippen LogP contribution in [0, 0.1) is 0 Å². The average molecular weight is 371 g/mol. The summed E-state index contributed by atoms with van der Waals surface area (Å²) >= 11 is 0. The van der Waals surface area contributed by atoms with Crippen LogP contribution in [0.4, 0.5) is 0 Å². The second-order valence-electron chi connectivity index (χ2n) is 7.00. The Balaban J connectivity index is 1.93. The minimum absolute atomic E-state index is 0.0660. The van der Waals surface area contributed by atoms with Gasteiger partial charge < -0.3 is 9.84 Å². The first-order valence-electron chi connectivity index (χ1n) is 9.60. The van der Waals surface area contributed by atoms with E-state index in [1.807, 2.05) is 18.2 Å². The summed E-state index contributed by atoms with van der Waals surface area (Å²) < 4.78 is 5.39. The molecule has 0 amide bonds. The molecule has 0 aliphatic carbocycles. The lowest BCUT2D eigenvalue weighted by atomic mass is 9.76. The number of hydrogen-bond donors (Lipinski definition) is 1. The van der Waals surface area contributed by atoms with Gasteiger partial charge in [0, 0.05) is 12.6 Å². The van der Waals surface area contributed by atoms with Gasteiger partial charge in [-0.15, -0.1) is 0 Å². The summed E-state index contributed by atoms with van der Waals surface area (Å²) in [4.78, 5) is 2.48. The van der Waals surface area contributed by atoms with Crippen LogP contribution in [0.1, 0.15) is 16.7 Å². The number of aliphatic hydroxyl groups is 1. The predicted octanol–water partition coefficient (Wildman–Crippen LogP) is 4.22. The van der Waals surface area contributed by atoms with E-state index in [0.29, 0.717) is 0 Å². The molecule has 1 heterocycles. The summed E-state index contributed by atoms with van der Waals surface area (Å²) in [6.45, 7) is 1.00. The van der Waals surface area contributed by atoms with Crippen LogP contribution >= 0.6 is 0 Å². The Bertz CT molecular complexity index is 880. The van der Waals surface area contributed by atoms with E-state index in [2.05, 4.69) is 83.8 Å². The Kier molecular flexibility index (Phi) is 5.29. The Morgan fingerprint density at radius 1 is 0.893 bits per heavy atom. The maximum absolute atomic E-state index is 9.22. The molecule has 1 fully saturated rings. The number of rotatable bonds is 7. The van der Waals surface area contributed by atoms with E-state index in [4.69, 9.17) is 4.74 Å². The highest BCUT2D eigenvalue weighted by Gasteiger charge is 2.52. The van der Waals surface area contributed by atoms with Crippen molar-refractivity contribution in [1.29, 1.82) is 0 Å². The van der Waals surface area contributed by atoms with Crippen molar-refractivity contribution < 1.29 is 9.84 Å². The molecule has 4 rings (SSSR count). The molecule has 0 spiro atoms. The fourth-order valence-corrected chi connectivity index (χ4v) is 4.11. The topological polar surface area (TPSA) is 32.5 Å². The number of benzene rings is 3. The molecule has 1 saturated heterocycles. The molecule has 3 heteroatoms. The molecule has 1 N–H and O–H groups in total. The van der Waals surface area contributed by atoms with Gasteiger partial charge in [-0.1, -0.05) is 84.9 Å². The quantitative estimate of drug-likeness (QED) is 0.383. The first kappa shape index (κ1) is 18.5. The lowest BCUT2D eigenvalue weighted by Crippen LogP contribution is -2.38. The minimum atomic E-state index is -0.404. The normalized spacial score (nSPS) is 18.9. The number of ether oxygens (including phenoxy) is 1. The molecule has 3 aromatic carbocycles. The highest BCUT2D eigenvalue weighted by molar-refractivity contribution is 5.52. The van der Waals surface area contributed by atoms with Crippen LogP contribution in [0.15, 0.2) is 97.1 Å². The second kappa shape index (κ2) is 8.01. The minimum Gasteiger partial charge on any atom is -0.497 e. The Labute approximate surface area is 166 Å². The molecular formula is C25H25NO2. The summed E-state index contributed by atoms with van der Waals surface area (Å²) in [5.41, 5.74) is 3.25. The molecule has 3 aromatic rings. The lowest BCUT2D eigenvalue weighted by molar-refractivity contribution is 0.329. The van der Waals surface area contributed by atoms with Crippen molar-refractivity contribution in [1.82, 2.24) is 4.90 Å². The SMILES string of the molecule is COc1ccc(C(c2ccccc2)(c2ccccc2)N2C[C@H]2/C=C\CO)cc1. The highest BCUT2D eigenvalue weighted by Crippen LogP contribution is 2.48. The number of aliphatic hydroxyl groups excluding tert-OH is 1. The van der Waals surface area contributed by atoms with Crippen molar-refractivity contribution in [3.05, 3.63) is 114 Å². The summed E-state index contributed by atoms with van der Waals surface area (Å²) in [7, 11) is 1.69. The van der Waals surface area contributed by atoms with Gasteiger partial charge in [0.05, 0.1) is 19.3 Å². The van der Waals surface area contributed by atoms with Crippen LogP contribution in [0.2, 0.25) is 0 Å². The van der Waals surface area contributed by atoms with Gasteiger partial charge in [-0.25, -0.2) is 0 Å². The van der Waals surface area contributed by atoms with E-state index in [1.165, 1.54) is 16.7 Å². The molecule has 0 saturated carbocycles. The van der Waals surface area contributed by atoms with Crippen LogP contribution in [0.5, 0.6) is 5.75 Å². The van der Waals surface area contributed by atoms with Gasteiger partial charge in [0.25, 0.3) is 0 Å². The first-order valence-corrected chi connectivity index (χ1v) is 9.60. The maximum Gasteiger partial charge on any atom is 0.118 e. The maximum atomic E-state index is 9.22. The van der Waals surface area contributed by atoms with Crippen LogP contribution in [-0.4, -0.2) is 36.3 Å². The van der Waals surface area contributed by atoms with Gasteiger partial charge in [-0.2, -0.15) is 0 Å². The Morgan fingerprint density at radius 3 is 1.93 bits per heavy atom. The Hall–Kier alpha value is -2.88. The van der Waals surface area contributed by atoms with Crippen LogP contribution < -0.4 is 4.74 Å². The zero-order valence-corrected chi connectivity index (χ0v) is 16.0. The monoisotopic (exact) mass is 371 g/mol. The first-order chi connectivity index (χ1) is 13.8. The molecule has 0 aromatic heterocycles. The van der Waals surface area contributed by atoms with E-state index >= 15 is 0 Å². The van der Waals surface area contributed by atoms with Crippen molar-refractivity contribution in [3.63, 3.8) is 0 Å². The third kappa shape index (κ3) is 3.24. The molecule has 3 nitrogen and oxygen atoms in total. The predicted molar refractivity (Wildman–Crippen MR) is 112 cm³/mol. The van der Waals surface area contributed by atoms with Gasteiger partial charge in [0.15, 0.2) is 0 Å². The van der Waals surface area contributed by atoms with E-state index < -0.39 is 5.54 Å². The summed E-state index contributed by atoms with van der Waals surface area (Å²) in [6, 6.07) is 29.9. The summed E-state index contributed by atoms with van der Waals surface area (Å²) in [5, 5.41) is 9.22. The van der Waals surface area contributed by atoms with Gasteiger partial charge in [0.2, 0.25) is 0 Å². The van der Waals surface area contributed by atoms with E-state index in [9.17, 15) is 5.11 Å². The summed E-state index contributed by atoms with van der Waals surface area (Å²) in [6.07, 6.45) is 3.93. The van der Waals surface area contributed by atoms with E-state index in [0.717, 1.165) is 12.3 Å². The van der Waals surface area contributed by atoms with Crippen molar-refractivity contribution in [3.8, 4) is 5.75 Å². The smallest absolute Gasteiger partial charge is 0.118 e. The standard InChI is InChI=1S/C25H25NO2/c1-28-24-16-14-22(15-17-24)25(20-9-4-2-5-10-20,21-11-6-3-7-12-21)26-19-23(26)13-8-18-27/h2-17,23,27H,18-19H2,1H3/b13-8-/t23-,26?/m1/s1. The van der Waals surface area contributed by atoms with Gasteiger partial charge in [-0.3, -0.25) is 4.90 Å². The molecule has 2 atom stereocenters. The molecular weight excluding hydrogens is 346 g/mol. The zero-order chi connectivity index (χ0) is 19.4. The fraction of sp³-hybridized carbons (Fsp3) is 0.200. The van der Waals surface area contributed by atoms with Gasteiger partial charge in [-0.05, 0) is 28.8 Å². The molecule has 1 unspecified atom stereocenters. The van der Waals surface area contributed by atoms with Gasteiger partial charge in [0.1, 0.15) is 5.75 Å². The number of methoxy groups -OCH3 is 1. The lowest BCUT2D eigenvalue weighted by Gasteiger charge is -2.38. The second-order valence-corrected chi connectivity index (χ2v) is 7.00. The fourth-order valence-electron chi connectivity index (χ4n) is 4.11. The highest BCUT2D eigenvalue weighted by atomic mass is 16.5. The molecule has 28 heavy (non-hydrogen) atoms. The van der Waals surface area contributed by atoms with Gasteiger partial charge >= 0.3 is 0 Å². The Morgan fingerprint density at radius 2 is 1.43 bits per heavy atom. The van der Waals surface area contributed by atoms with E-state index in [-0.39, 0.29) is 12.6 Å². The summed E-state index contributed by atoms with van der Waals surface area (Å²) in [5.74, 6) is 0.848. The van der Waals surface area contributed by atoms with Crippen LogP contribution in [0.3, 0.4) is 0 Å². The van der Waals surface area contributed by atoms with Crippen LogP contribution in [0.25, 0.3) is 0 Å². The third-order valence-electron chi connectivity index (χ3n) is 5.44. The number of nitrogens with zero attached hydrogens (tertiary/aromatic N) is 1. The largest absolute Gasteiger partial charge is 0.497 e. The van der Waals surface area contributed by atoms with E-state index in [1.54, 1.807) is 7.11 Å². The molecule has 0 bridgehead atoms. The molecule has 1 aliphatic rings. The molecule has 1 aliphatic heterocycles. The number of hydrogen-bond acceptors (Lipinski definition) is 3. The van der Waals surface area contributed by atoms with Crippen molar-refractivity contribution >= 4 is 0 Å². The third-order valence-corrected chi connectivity index (χ3v) is 5.44. The molecule has 142 valence electrons. The van der Waals surface area contributed by atoms with Crippen molar-refractivity contribution in [2.75, 3.05) is 20.3 Å². The molecule has 0 radical (unpaired) electrons.